The van der Waals surface area contributed by atoms with E-state index in [1.165, 1.54) is 12.1 Å². The zero-order valence-corrected chi connectivity index (χ0v) is 22.6. The Kier molecular flexibility index (Phi) is 9.08. The van der Waals surface area contributed by atoms with Crippen molar-refractivity contribution in [3.8, 4) is 0 Å². The van der Waals surface area contributed by atoms with Crippen LogP contribution < -0.4 is 15.7 Å². The molecule has 1 aliphatic rings. The molecule has 206 valence electrons. The highest BCUT2D eigenvalue weighted by molar-refractivity contribution is 6.07. The number of benzene rings is 1. The Morgan fingerprint density at radius 2 is 1.85 bits per heavy atom. The second-order valence-corrected chi connectivity index (χ2v) is 10.4. The number of imide groups is 1. The lowest BCUT2D eigenvalue weighted by molar-refractivity contribution is -0.0576. The van der Waals surface area contributed by atoms with Gasteiger partial charge in [-0.15, -0.1) is 0 Å². The third kappa shape index (κ3) is 7.97. The number of rotatable bonds is 9. The van der Waals surface area contributed by atoms with E-state index >= 15 is 0 Å². The molecular formula is C29H35FN6O3. The predicted octanol–water partition coefficient (Wildman–Crippen LogP) is 4.95. The first kappa shape index (κ1) is 28.0. The molecule has 3 heterocycles. The fourth-order valence-corrected chi connectivity index (χ4v) is 4.20. The van der Waals surface area contributed by atoms with Crippen molar-refractivity contribution >= 4 is 23.6 Å². The van der Waals surface area contributed by atoms with Crippen LogP contribution in [0.5, 0.6) is 0 Å². The van der Waals surface area contributed by atoms with Gasteiger partial charge in [0.25, 0.3) is 5.91 Å². The number of pyridine rings is 2. The summed E-state index contributed by atoms with van der Waals surface area (Å²) in [4.78, 5) is 44.7. The normalized spacial score (nSPS) is 13.3. The molecule has 10 heteroatoms. The maximum atomic E-state index is 13.9. The van der Waals surface area contributed by atoms with Crippen molar-refractivity contribution in [2.75, 3.05) is 29.9 Å². The van der Waals surface area contributed by atoms with E-state index < -0.39 is 17.5 Å². The molecule has 39 heavy (non-hydrogen) atoms. The monoisotopic (exact) mass is 534 g/mol. The van der Waals surface area contributed by atoms with Crippen LogP contribution in [0, 0.1) is 5.82 Å². The highest BCUT2D eigenvalue weighted by atomic mass is 19.1. The molecule has 2 aromatic heterocycles. The SMILES string of the molecule is CC(C)(C)ONC(=O)N(Cc1cccnc1)C(=O)c1ccc(N2CCCC2)nc1NCCc1cccc(F)c1. The van der Waals surface area contributed by atoms with Crippen LogP contribution in [0.2, 0.25) is 0 Å². The van der Waals surface area contributed by atoms with Gasteiger partial charge in [-0.2, -0.15) is 0 Å². The maximum absolute atomic E-state index is 13.9. The van der Waals surface area contributed by atoms with Crippen molar-refractivity contribution < 1.29 is 18.8 Å². The van der Waals surface area contributed by atoms with Crippen LogP contribution in [0.1, 0.15) is 55.1 Å². The van der Waals surface area contributed by atoms with Crippen LogP contribution in [0.15, 0.2) is 60.9 Å². The molecule has 1 aliphatic heterocycles. The van der Waals surface area contributed by atoms with Gasteiger partial charge in [-0.1, -0.05) is 18.2 Å². The quantitative estimate of drug-likeness (QED) is 0.375. The average molecular weight is 535 g/mol. The number of hydroxylamine groups is 1. The molecule has 2 N–H and O–H groups in total. The summed E-state index contributed by atoms with van der Waals surface area (Å²) in [6.45, 7) is 7.57. The largest absolute Gasteiger partial charge is 0.369 e. The molecular weight excluding hydrogens is 499 g/mol. The molecule has 1 fully saturated rings. The van der Waals surface area contributed by atoms with Gasteiger partial charge in [0, 0.05) is 32.0 Å². The predicted molar refractivity (Wildman–Crippen MR) is 148 cm³/mol. The number of hydrogen-bond acceptors (Lipinski definition) is 7. The van der Waals surface area contributed by atoms with Gasteiger partial charge in [0.05, 0.1) is 17.7 Å². The molecule has 3 amide bonds. The van der Waals surface area contributed by atoms with Crippen LogP contribution in [-0.4, -0.2) is 52.0 Å². The molecule has 1 saturated heterocycles. The van der Waals surface area contributed by atoms with Gasteiger partial charge in [0.2, 0.25) is 0 Å². The lowest BCUT2D eigenvalue weighted by atomic mass is 10.1. The smallest absolute Gasteiger partial charge is 0.348 e. The van der Waals surface area contributed by atoms with Gasteiger partial charge in [0.15, 0.2) is 0 Å². The minimum Gasteiger partial charge on any atom is -0.369 e. The Balaban J connectivity index is 1.61. The number of anilines is 2. The van der Waals surface area contributed by atoms with Gasteiger partial charge in [-0.25, -0.2) is 19.6 Å². The van der Waals surface area contributed by atoms with E-state index in [1.807, 2.05) is 12.1 Å². The Hall–Kier alpha value is -4.05. The van der Waals surface area contributed by atoms with Crippen molar-refractivity contribution in [3.63, 3.8) is 0 Å². The van der Waals surface area contributed by atoms with Gasteiger partial charge >= 0.3 is 6.03 Å². The van der Waals surface area contributed by atoms with Gasteiger partial charge in [-0.05, 0) is 81.5 Å². The zero-order valence-electron chi connectivity index (χ0n) is 22.6. The lowest BCUT2D eigenvalue weighted by Gasteiger charge is -2.26. The van der Waals surface area contributed by atoms with Gasteiger partial charge in [0.1, 0.15) is 17.5 Å². The van der Waals surface area contributed by atoms with E-state index in [-0.39, 0.29) is 17.9 Å². The molecule has 3 aromatic rings. The van der Waals surface area contributed by atoms with E-state index in [0.29, 0.717) is 24.3 Å². The van der Waals surface area contributed by atoms with Crippen molar-refractivity contribution in [2.24, 2.45) is 0 Å². The number of aromatic nitrogens is 2. The molecule has 0 atom stereocenters. The lowest BCUT2D eigenvalue weighted by Crippen LogP contribution is -2.46. The van der Waals surface area contributed by atoms with Crippen LogP contribution in [0.4, 0.5) is 20.8 Å². The molecule has 0 saturated carbocycles. The summed E-state index contributed by atoms with van der Waals surface area (Å²) >= 11 is 0. The number of carbonyl (C=O) groups excluding carboxylic acids is 2. The first-order valence-corrected chi connectivity index (χ1v) is 13.1. The fraction of sp³-hybridized carbons (Fsp3) is 0.379. The number of nitrogens with one attached hydrogen (secondary N) is 2. The maximum Gasteiger partial charge on any atom is 0.348 e. The van der Waals surface area contributed by atoms with Gasteiger partial charge in [-0.3, -0.25) is 19.5 Å². The first-order valence-electron chi connectivity index (χ1n) is 13.1. The fourth-order valence-electron chi connectivity index (χ4n) is 4.20. The van der Waals surface area contributed by atoms with E-state index in [1.54, 1.807) is 57.4 Å². The Morgan fingerprint density at radius 1 is 1.08 bits per heavy atom. The zero-order chi connectivity index (χ0) is 27.8. The van der Waals surface area contributed by atoms with E-state index in [0.717, 1.165) is 42.2 Å². The molecule has 0 spiro atoms. The first-order chi connectivity index (χ1) is 18.7. The number of urea groups is 1. The Labute approximate surface area is 228 Å². The molecule has 1 aromatic carbocycles. The van der Waals surface area contributed by atoms with E-state index in [2.05, 4.69) is 20.7 Å². The summed E-state index contributed by atoms with van der Waals surface area (Å²) in [5.74, 6) is 0.285. The minimum absolute atomic E-state index is 0.0113. The standard InChI is InChI=1S/C29H35FN6O3/c1-29(2,3)39-34-28(38)36(20-22-9-7-14-31-19-22)27(37)24-11-12-25(35-16-4-5-17-35)33-26(24)32-15-13-21-8-6-10-23(30)18-21/h6-12,14,18-19H,4-5,13,15-17,20H2,1-3H3,(H,32,33)(H,34,38). The summed E-state index contributed by atoms with van der Waals surface area (Å²) in [5, 5.41) is 3.26. The summed E-state index contributed by atoms with van der Waals surface area (Å²) in [7, 11) is 0. The van der Waals surface area contributed by atoms with Crippen LogP contribution in [-0.2, 0) is 17.8 Å². The second-order valence-electron chi connectivity index (χ2n) is 10.4. The highest BCUT2D eigenvalue weighted by Gasteiger charge is 2.28. The van der Waals surface area contributed by atoms with E-state index in [4.69, 9.17) is 9.82 Å². The second kappa shape index (κ2) is 12.7. The number of amides is 3. The number of hydrogen-bond donors (Lipinski definition) is 2. The van der Waals surface area contributed by atoms with Crippen molar-refractivity contribution in [3.05, 3.63) is 83.4 Å². The van der Waals surface area contributed by atoms with E-state index in [9.17, 15) is 14.0 Å². The number of carbonyl (C=O) groups is 2. The van der Waals surface area contributed by atoms with Crippen molar-refractivity contribution in [1.29, 1.82) is 0 Å². The third-order valence-electron chi connectivity index (χ3n) is 6.13. The molecule has 4 rings (SSSR count). The van der Waals surface area contributed by atoms with Crippen LogP contribution in [0.3, 0.4) is 0 Å². The van der Waals surface area contributed by atoms with Gasteiger partial charge < -0.3 is 10.2 Å². The average Bonchev–Trinajstić information content (AvgIpc) is 3.45. The molecule has 0 bridgehead atoms. The van der Waals surface area contributed by atoms with Crippen LogP contribution in [0.25, 0.3) is 0 Å². The van der Waals surface area contributed by atoms with Crippen molar-refractivity contribution in [1.82, 2.24) is 20.3 Å². The topological polar surface area (TPSA) is 99.7 Å². The highest BCUT2D eigenvalue weighted by Crippen LogP contribution is 2.25. The summed E-state index contributed by atoms with van der Waals surface area (Å²) in [5.41, 5.74) is 3.49. The molecule has 0 radical (unpaired) electrons. The summed E-state index contributed by atoms with van der Waals surface area (Å²) in [6.07, 6.45) is 5.92. The number of nitrogens with zero attached hydrogens (tertiary/aromatic N) is 4. The molecule has 9 nitrogen and oxygen atoms in total. The van der Waals surface area contributed by atoms with Crippen LogP contribution >= 0.6 is 0 Å². The Morgan fingerprint density at radius 3 is 2.54 bits per heavy atom. The molecule has 0 unspecified atom stereocenters. The third-order valence-corrected chi connectivity index (χ3v) is 6.13. The summed E-state index contributed by atoms with van der Waals surface area (Å²) < 4.78 is 13.7. The van der Waals surface area contributed by atoms with Crippen molar-refractivity contribution in [2.45, 2.75) is 52.2 Å². The minimum atomic E-state index is -0.701. The number of halogens is 1. The summed E-state index contributed by atoms with van der Waals surface area (Å²) in [6, 6.07) is 12.7. The Bertz CT molecular complexity index is 1280. The molecule has 0 aliphatic carbocycles.